The van der Waals surface area contributed by atoms with E-state index in [-0.39, 0.29) is 17.8 Å². The maximum absolute atomic E-state index is 12.1. The van der Waals surface area contributed by atoms with E-state index in [2.05, 4.69) is 13.8 Å². The molecule has 0 bridgehead atoms. The van der Waals surface area contributed by atoms with Crippen molar-refractivity contribution in [2.45, 2.75) is 51.7 Å². The zero-order valence-electron chi connectivity index (χ0n) is 12.8. The SMILES string of the molecule is CC1CCC(OC(=O)[C@@H](N)Cc2ccc(O)cc2)CC1C. The van der Waals surface area contributed by atoms with Gasteiger partial charge in [0, 0.05) is 0 Å². The van der Waals surface area contributed by atoms with Gasteiger partial charge in [-0.25, -0.2) is 0 Å². The highest BCUT2D eigenvalue weighted by Crippen LogP contribution is 2.31. The van der Waals surface area contributed by atoms with Crippen LogP contribution >= 0.6 is 0 Å². The van der Waals surface area contributed by atoms with Crippen molar-refractivity contribution in [1.29, 1.82) is 0 Å². The summed E-state index contributed by atoms with van der Waals surface area (Å²) in [6.45, 7) is 4.46. The minimum absolute atomic E-state index is 0.00886. The summed E-state index contributed by atoms with van der Waals surface area (Å²) in [5, 5.41) is 9.24. The predicted octanol–water partition coefficient (Wildman–Crippen LogP) is 2.63. The lowest BCUT2D eigenvalue weighted by atomic mass is 9.80. The van der Waals surface area contributed by atoms with Crippen LogP contribution in [0.3, 0.4) is 0 Å². The number of carbonyl (C=O) groups is 1. The zero-order chi connectivity index (χ0) is 15.4. The zero-order valence-corrected chi connectivity index (χ0v) is 12.8. The van der Waals surface area contributed by atoms with Gasteiger partial charge in [-0.1, -0.05) is 26.0 Å². The van der Waals surface area contributed by atoms with Gasteiger partial charge in [-0.2, -0.15) is 0 Å². The van der Waals surface area contributed by atoms with Crippen molar-refractivity contribution in [3.8, 4) is 5.75 Å². The molecular weight excluding hydrogens is 266 g/mol. The average molecular weight is 291 g/mol. The van der Waals surface area contributed by atoms with Gasteiger partial charge in [0.1, 0.15) is 17.9 Å². The molecule has 1 aromatic rings. The Morgan fingerprint density at radius 2 is 1.95 bits per heavy atom. The molecule has 1 saturated carbocycles. The van der Waals surface area contributed by atoms with E-state index < -0.39 is 6.04 Å². The third-order valence-electron chi connectivity index (χ3n) is 4.53. The van der Waals surface area contributed by atoms with Gasteiger partial charge in [-0.15, -0.1) is 0 Å². The van der Waals surface area contributed by atoms with E-state index in [1.165, 1.54) is 0 Å². The molecule has 1 fully saturated rings. The van der Waals surface area contributed by atoms with Crippen molar-refractivity contribution < 1.29 is 14.6 Å². The lowest BCUT2D eigenvalue weighted by Crippen LogP contribution is -2.38. The van der Waals surface area contributed by atoms with E-state index >= 15 is 0 Å². The number of nitrogens with two attached hydrogens (primary N) is 1. The average Bonchev–Trinajstić information content (AvgIpc) is 2.45. The fraction of sp³-hybridized carbons (Fsp3) is 0.588. The molecule has 21 heavy (non-hydrogen) atoms. The summed E-state index contributed by atoms with van der Waals surface area (Å²) < 4.78 is 5.55. The third kappa shape index (κ3) is 4.46. The van der Waals surface area contributed by atoms with Gasteiger partial charge in [-0.3, -0.25) is 4.79 Å². The minimum Gasteiger partial charge on any atom is -0.508 e. The lowest BCUT2D eigenvalue weighted by Gasteiger charge is -2.32. The number of ether oxygens (including phenoxy) is 1. The molecule has 3 unspecified atom stereocenters. The second-order valence-electron chi connectivity index (χ2n) is 6.30. The first-order valence-electron chi connectivity index (χ1n) is 7.69. The number of phenols is 1. The fourth-order valence-corrected chi connectivity index (χ4v) is 2.83. The molecule has 0 radical (unpaired) electrons. The first-order valence-corrected chi connectivity index (χ1v) is 7.69. The van der Waals surface area contributed by atoms with E-state index in [0.29, 0.717) is 18.3 Å². The highest BCUT2D eigenvalue weighted by Gasteiger charge is 2.28. The molecule has 2 rings (SSSR count). The van der Waals surface area contributed by atoms with Gasteiger partial charge in [-0.05, 0) is 55.2 Å². The maximum atomic E-state index is 12.1. The fourth-order valence-electron chi connectivity index (χ4n) is 2.83. The number of hydrogen-bond acceptors (Lipinski definition) is 4. The summed E-state index contributed by atoms with van der Waals surface area (Å²) in [6.07, 6.45) is 3.40. The van der Waals surface area contributed by atoms with E-state index in [1.54, 1.807) is 24.3 Å². The summed E-state index contributed by atoms with van der Waals surface area (Å²) in [4.78, 5) is 12.1. The summed E-state index contributed by atoms with van der Waals surface area (Å²) in [5.74, 6) is 1.17. The molecule has 0 heterocycles. The molecule has 1 aromatic carbocycles. The van der Waals surface area contributed by atoms with Crippen LogP contribution in [0.5, 0.6) is 5.75 Å². The number of phenolic OH excluding ortho intramolecular Hbond substituents is 1. The van der Waals surface area contributed by atoms with Crippen LogP contribution in [0.15, 0.2) is 24.3 Å². The summed E-state index contributed by atoms with van der Waals surface area (Å²) in [5.41, 5.74) is 6.85. The number of hydrogen-bond donors (Lipinski definition) is 2. The molecule has 0 saturated heterocycles. The van der Waals surface area contributed by atoms with Crippen molar-refractivity contribution >= 4 is 5.97 Å². The minimum atomic E-state index is -0.649. The van der Waals surface area contributed by atoms with Crippen LogP contribution < -0.4 is 5.73 Å². The van der Waals surface area contributed by atoms with Gasteiger partial charge < -0.3 is 15.6 Å². The molecule has 0 aromatic heterocycles. The molecule has 0 aliphatic heterocycles. The van der Waals surface area contributed by atoms with Gasteiger partial charge >= 0.3 is 5.97 Å². The number of aromatic hydroxyl groups is 1. The molecule has 1 aliphatic carbocycles. The molecule has 3 N–H and O–H groups in total. The molecule has 116 valence electrons. The summed E-state index contributed by atoms with van der Waals surface area (Å²) >= 11 is 0. The quantitative estimate of drug-likeness (QED) is 0.836. The molecule has 4 nitrogen and oxygen atoms in total. The van der Waals surface area contributed by atoms with Crippen molar-refractivity contribution in [2.24, 2.45) is 17.6 Å². The Bertz CT molecular complexity index is 471. The first-order chi connectivity index (χ1) is 9.95. The van der Waals surface area contributed by atoms with Gasteiger partial charge in [0.15, 0.2) is 0 Å². The van der Waals surface area contributed by atoms with Crippen molar-refractivity contribution in [3.05, 3.63) is 29.8 Å². The molecule has 4 atom stereocenters. The van der Waals surface area contributed by atoms with Crippen LogP contribution in [0, 0.1) is 11.8 Å². The van der Waals surface area contributed by atoms with Gasteiger partial charge in [0.05, 0.1) is 0 Å². The highest BCUT2D eigenvalue weighted by atomic mass is 16.5. The summed E-state index contributed by atoms with van der Waals surface area (Å²) in [6, 6.07) is 6.08. The van der Waals surface area contributed by atoms with Crippen molar-refractivity contribution in [3.63, 3.8) is 0 Å². The normalized spacial score (nSPS) is 27.1. The number of carbonyl (C=O) groups excluding carboxylic acids is 1. The molecule has 0 spiro atoms. The molecule has 0 amide bonds. The van der Waals surface area contributed by atoms with E-state index in [0.717, 1.165) is 24.8 Å². The van der Waals surface area contributed by atoms with Crippen LogP contribution in [0.4, 0.5) is 0 Å². The topological polar surface area (TPSA) is 72.5 Å². The smallest absolute Gasteiger partial charge is 0.323 e. The van der Waals surface area contributed by atoms with E-state index in [9.17, 15) is 9.90 Å². The van der Waals surface area contributed by atoms with Crippen LogP contribution in [-0.4, -0.2) is 23.2 Å². The second-order valence-corrected chi connectivity index (χ2v) is 6.30. The highest BCUT2D eigenvalue weighted by molar-refractivity contribution is 5.76. The number of benzene rings is 1. The van der Waals surface area contributed by atoms with E-state index in [1.807, 2.05) is 0 Å². The van der Waals surface area contributed by atoms with Crippen molar-refractivity contribution in [1.82, 2.24) is 0 Å². The Kier molecular flexibility index (Phi) is 5.23. The van der Waals surface area contributed by atoms with E-state index in [4.69, 9.17) is 10.5 Å². The summed E-state index contributed by atoms with van der Waals surface area (Å²) in [7, 11) is 0. The van der Waals surface area contributed by atoms with Crippen LogP contribution in [0.25, 0.3) is 0 Å². The van der Waals surface area contributed by atoms with Crippen LogP contribution in [0.2, 0.25) is 0 Å². The Labute approximate surface area is 126 Å². The van der Waals surface area contributed by atoms with Crippen molar-refractivity contribution in [2.75, 3.05) is 0 Å². The first kappa shape index (κ1) is 15.8. The maximum Gasteiger partial charge on any atom is 0.323 e. The largest absolute Gasteiger partial charge is 0.508 e. The number of rotatable bonds is 4. The monoisotopic (exact) mass is 291 g/mol. The number of esters is 1. The Balaban J connectivity index is 1.83. The molecular formula is C17H25NO3. The van der Waals surface area contributed by atoms with Gasteiger partial charge in [0.25, 0.3) is 0 Å². The predicted molar refractivity (Wildman–Crippen MR) is 81.8 cm³/mol. The molecule has 1 aliphatic rings. The lowest BCUT2D eigenvalue weighted by molar-refractivity contribution is -0.153. The van der Waals surface area contributed by atoms with Crippen LogP contribution in [-0.2, 0) is 16.0 Å². The van der Waals surface area contributed by atoms with Gasteiger partial charge in [0.2, 0.25) is 0 Å². The second kappa shape index (κ2) is 6.94. The Morgan fingerprint density at radius 1 is 1.29 bits per heavy atom. The molecule has 4 heteroatoms. The third-order valence-corrected chi connectivity index (χ3v) is 4.53. The standard InChI is InChI=1S/C17H25NO3/c1-11-3-8-15(9-12(11)2)21-17(20)16(18)10-13-4-6-14(19)7-5-13/h4-7,11-12,15-16,19H,3,8-10,18H2,1-2H3/t11?,12?,15?,16-/m0/s1. The Morgan fingerprint density at radius 3 is 2.57 bits per heavy atom. The Hall–Kier alpha value is -1.55. The van der Waals surface area contributed by atoms with Crippen LogP contribution in [0.1, 0.15) is 38.7 Å².